The number of carbonyl (C=O) groups excluding carboxylic acids is 1. The van der Waals surface area contributed by atoms with Gasteiger partial charge in [0.1, 0.15) is 0 Å². The maximum atomic E-state index is 11.8. The van der Waals surface area contributed by atoms with Gasteiger partial charge < -0.3 is 0 Å². The van der Waals surface area contributed by atoms with E-state index < -0.39 is 0 Å². The molecule has 2 aromatic rings. The van der Waals surface area contributed by atoms with Crippen molar-refractivity contribution in [3.63, 3.8) is 0 Å². The van der Waals surface area contributed by atoms with E-state index in [1.54, 1.807) is 31.2 Å². The molecule has 1 aromatic heterocycles. The van der Waals surface area contributed by atoms with Gasteiger partial charge in [-0.3, -0.25) is 19.6 Å². The van der Waals surface area contributed by atoms with Crippen molar-refractivity contribution in [2.24, 2.45) is 5.84 Å². The maximum absolute atomic E-state index is 11.8. The lowest BCUT2D eigenvalue weighted by atomic mass is 10.1. The number of aryl methyl sites for hydroxylation is 1. The summed E-state index contributed by atoms with van der Waals surface area (Å²) in [6.45, 7) is 2.03. The monoisotopic (exact) mass is 258 g/mol. The fourth-order valence-electron chi connectivity index (χ4n) is 1.78. The molecular weight excluding hydrogens is 244 g/mol. The number of benzene rings is 1. The van der Waals surface area contributed by atoms with Gasteiger partial charge in [-0.15, -0.1) is 0 Å². The van der Waals surface area contributed by atoms with Gasteiger partial charge in [-0.2, -0.15) is 0 Å². The number of hydrogen-bond acceptors (Lipinski definition) is 4. The standard InChI is InChI=1S/C13H14N4O2/c1-9-6-12(18)17(8-15-9)7-10-4-2-3-5-11(10)13(19)16-14/h2-6,8H,7,14H2,1H3,(H,16,19). The third-order valence-electron chi connectivity index (χ3n) is 2.75. The molecule has 0 aliphatic heterocycles. The summed E-state index contributed by atoms with van der Waals surface area (Å²) in [4.78, 5) is 27.5. The number of aromatic nitrogens is 2. The number of carbonyl (C=O) groups is 1. The zero-order valence-corrected chi connectivity index (χ0v) is 10.5. The Hall–Kier alpha value is -2.47. The molecule has 98 valence electrons. The number of hydrogen-bond donors (Lipinski definition) is 2. The van der Waals surface area contributed by atoms with Crippen LogP contribution in [0.5, 0.6) is 0 Å². The molecular formula is C13H14N4O2. The van der Waals surface area contributed by atoms with E-state index in [0.29, 0.717) is 16.8 Å². The van der Waals surface area contributed by atoms with Crippen molar-refractivity contribution < 1.29 is 4.79 Å². The van der Waals surface area contributed by atoms with Crippen LogP contribution in [0.2, 0.25) is 0 Å². The summed E-state index contributed by atoms with van der Waals surface area (Å²) in [6, 6.07) is 8.42. The molecule has 0 bridgehead atoms. The first-order valence-electron chi connectivity index (χ1n) is 5.74. The molecule has 0 aliphatic carbocycles. The van der Waals surface area contributed by atoms with E-state index in [-0.39, 0.29) is 18.0 Å². The van der Waals surface area contributed by atoms with Gasteiger partial charge in [-0.05, 0) is 18.6 Å². The van der Waals surface area contributed by atoms with Gasteiger partial charge in [0.25, 0.3) is 11.5 Å². The summed E-state index contributed by atoms with van der Waals surface area (Å²) < 4.78 is 1.44. The van der Waals surface area contributed by atoms with Crippen molar-refractivity contribution in [1.29, 1.82) is 0 Å². The molecule has 0 saturated heterocycles. The summed E-state index contributed by atoms with van der Waals surface area (Å²) in [5.74, 6) is 4.75. The fraction of sp³-hybridized carbons (Fsp3) is 0.154. The molecule has 1 heterocycles. The second kappa shape index (κ2) is 5.45. The van der Waals surface area contributed by atoms with Crippen LogP contribution < -0.4 is 16.8 Å². The zero-order valence-electron chi connectivity index (χ0n) is 10.5. The third kappa shape index (κ3) is 2.86. The van der Waals surface area contributed by atoms with Gasteiger partial charge in [-0.25, -0.2) is 10.8 Å². The van der Waals surface area contributed by atoms with Gasteiger partial charge in [0, 0.05) is 17.3 Å². The molecule has 0 saturated carbocycles. The average Bonchev–Trinajstić information content (AvgIpc) is 2.41. The quantitative estimate of drug-likeness (QED) is 0.467. The number of nitrogens with zero attached hydrogens (tertiary/aromatic N) is 2. The Bertz CT molecular complexity index is 664. The first-order chi connectivity index (χ1) is 9.11. The van der Waals surface area contributed by atoms with Crippen LogP contribution in [0.1, 0.15) is 21.6 Å². The predicted molar refractivity (Wildman–Crippen MR) is 70.4 cm³/mol. The highest BCUT2D eigenvalue weighted by atomic mass is 16.2. The summed E-state index contributed by atoms with van der Waals surface area (Å²) in [5.41, 5.74) is 3.74. The molecule has 2 rings (SSSR count). The number of amides is 1. The van der Waals surface area contributed by atoms with E-state index in [9.17, 15) is 9.59 Å². The minimum Gasteiger partial charge on any atom is -0.295 e. The Kier molecular flexibility index (Phi) is 3.72. The first kappa shape index (κ1) is 13.0. The molecule has 19 heavy (non-hydrogen) atoms. The van der Waals surface area contributed by atoms with Crippen molar-refractivity contribution in [1.82, 2.24) is 15.0 Å². The molecule has 0 unspecified atom stereocenters. The molecule has 6 heteroatoms. The Balaban J connectivity index is 2.38. The predicted octanol–water partition coefficient (Wildman–Crippen LogP) is 0.204. The molecule has 0 spiro atoms. The second-order valence-corrected chi connectivity index (χ2v) is 4.13. The van der Waals surface area contributed by atoms with E-state index in [0.717, 1.165) is 0 Å². The van der Waals surface area contributed by atoms with Crippen molar-refractivity contribution in [2.45, 2.75) is 13.5 Å². The number of hydrazine groups is 1. The lowest BCUT2D eigenvalue weighted by Crippen LogP contribution is -2.31. The zero-order chi connectivity index (χ0) is 13.8. The highest BCUT2D eigenvalue weighted by Crippen LogP contribution is 2.09. The summed E-state index contributed by atoms with van der Waals surface area (Å²) in [5, 5.41) is 0. The maximum Gasteiger partial charge on any atom is 0.265 e. The van der Waals surface area contributed by atoms with Gasteiger partial charge in [0.15, 0.2) is 0 Å². The molecule has 3 N–H and O–H groups in total. The van der Waals surface area contributed by atoms with E-state index >= 15 is 0 Å². The third-order valence-corrected chi connectivity index (χ3v) is 2.75. The van der Waals surface area contributed by atoms with E-state index in [4.69, 9.17) is 5.84 Å². The number of nitrogens with two attached hydrogens (primary N) is 1. The summed E-state index contributed by atoms with van der Waals surface area (Å²) in [6.07, 6.45) is 1.47. The Labute approximate surface area is 109 Å². The van der Waals surface area contributed by atoms with Crippen LogP contribution in [0.25, 0.3) is 0 Å². The van der Waals surface area contributed by atoms with Gasteiger partial charge in [0.2, 0.25) is 0 Å². The highest BCUT2D eigenvalue weighted by Gasteiger charge is 2.10. The summed E-state index contributed by atoms with van der Waals surface area (Å²) in [7, 11) is 0. The first-order valence-corrected chi connectivity index (χ1v) is 5.74. The Morgan fingerprint density at radius 2 is 2.16 bits per heavy atom. The van der Waals surface area contributed by atoms with Crippen molar-refractivity contribution >= 4 is 5.91 Å². The fourth-order valence-corrected chi connectivity index (χ4v) is 1.78. The molecule has 1 aromatic carbocycles. The molecule has 1 amide bonds. The van der Waals surface area contributed by atoms with Gasteiger partial charge >= 0.3 is 0 Å². The van der Waals surface area contributed by atoms with E-state index in [1.807, 2.05) is 0 Å². The van der Waals surface area contributed by atoms with Crippen LogP contribution in [-0.2, 0) is 6.54 Å². The number of nitrogens with one attached hydrogen (secondary N) is 1. The minimum absolute atomic E-state index is 0.157. The van der Waals surface area contributed by atoms with Crippen molar-refractivity contribution in [3.8, 4) is 0 Å². The molecule has 0 aliphatic rings. The second-order valence-electron chi connectivity index (χ2n) is 4.13. The van der Waals surface area contributed by atoms with Crippen LogP contribution in [0.4, 0.5) is 0 Å². The van der Waals surface area contributed by atoms with E-state index in [2.05, 4.69) is 10.4 Å². The SMILES string of the molecule is Cc1cc(=O)n(Cc2ccccc2C(=O)NN)cn1. The number of nitrogen functional groups attached to an aromatic ring is 1. The smallest absolute Gasteiger partial charge is 0.265 e. The Morgan fingerprint density at radius 1 is 1.42 bits per heavy atom. The largest absolute Gasteiger partial charge is 0.295 e. The van der Waals surface area contributed by atoms with E-state index in [1.165, 1.54) is 17.0 Å². The lowest BCUT2D eigenvalue weighted by molar-refractivity contribution is 0.0952. The molecule has 0 fully saturated rings. The minimum atomic E-state index is -0.385. The van der Waals surface area contributed by atoms with Crippen LogP contribution in [0.3, 0.4) is 0 Å². The lowest BCUT2D eigenvalue weighted by Gasteiger charge is -2.09. The topological polar surface area (TPSA) is 90.0 Å². The average molecular weight is 258 g/mol. The van der Waals surface area contributed by atoms with Gasteiger partial charge in [-0.1, -0.05) is 18.2 Å². The molecule has 0 atom stereocenters. The van der Waals surface area contributed by atoms with Crippen LogP contribution >= 0.6 is 0 Å². The van der Waals surface area contributed by atoms with Gasteiger partial charge in [0.05, 0.1) is 12.9 Å². The van der Waals surface area contributed by atoms with Crippen LogP contribution in [-0.4, -0.2) is 15.5 Å². The molecule has 6 nitrogen and oxygen atoms in total. The normalized spacial score (nSPS) is 10.2. The summed E-state index contributed by atoms with van der Waals surface area (Å²) >= 11 is 0. The Morgan fingerprint density at radius 3 is 2.84 bits per heavy atom. The van der Waals surface area contributed by atoms with Crippen LogP contribution in [0, 0.1) is 6.92 Å². The highest BCUT2D eigenvalue weighted by molar-refractivity contribution is 5.95. The van der Waals surface area contributed by atoms with Crippen molar-refractivity contribution in [2.75, 3.05) is 0 Å². The molecule has 0 radical (unpaired) electrons. The van der Waals surface area contributed by atoms with Crippen molar-refractivity contribution in [3.05, 3.63) is 63.8 Å². The number of rotatable bonds is 3. The van der Waals surface area contributed by atoms with Crippen LogP contribution in [0.15, 0.2) is 41.5 Å².